The lowest BCUT2D eigenvalue weighted by atomic mass is 9.82. The van der Waals surface area contributed by atoms with Crippen LogP contribution in [0.4, 0.5) is 22.0 Å². The molecule has 3 saturated carbocycles. The third kappa shape index (κ3) is 2.04. The highest BCUT2D eigenvalue weighted by molar-refractivity contribution is 7.87. The summed E-state index contributed by atoms with van der Waals surface area (Å²) in [6.07, 6.45) is 0. The number of alkyl halides is 3. The Hall–Kier alpha value is -3.15. The highest BCUT2D eigenvalue weighted by Gasteiger charge is 3.14. The fraction of sp³-hybridized carbons (Fsp3) is 0.318. The molecule has 1 aromatic carbocycles. The Morgan fingerprint density at radius 1 is 1.06 bits per heavy atom. The van der Waals surface area contributed by atoms with E-state index in [1.807, 2.05) is 0 Å². The van der Waals surface area contributed by atoms with E-state index < -0.39 is 38.6 Å². The third-order valence-electron chi connectivity index (χ3n) is 7.73. The molecule has 0 bridgehead atoms. The Bertz CT molecular complexity index is 1560. The fourth-order valence-electron chi connectivity index (χ4n) is 6.53. The lowest BCUT2D eigenvalue weighted by Crippen LogP contribution is -2.29. The molecule has 2 aromatic heterocycles. The summed E-state index contributed by atoms with van der Waals surface area (Å²) in [5.74, 6) is -1.58. The van der Waals surface area contributed by atoms with Crippen molar-refractivity contribution >= 4 is 10.1 Å². The quantitative estimate of drug-likeness (QED) is 0.311. The van der Waals surface area contributed by atoms with Crippen LogP contribution in [0.1, 0.15) is 28.4 Å². The van der Waals surface area contributed by atoms with Crippen LogP contribution in [0.15, 0.2) is 36.4 Å². The fourth-order valence-corrected chi connectivity index (χ4v) is 6.93. The monoisotopic (exact) mass is 493 g/mol. The highest BCUT2D eigenvalue weighted by Crippen LogP contribution is 3.15. The lowest BCUT2D eigenvalue weighted by molar-refractivity contribution is -0.0501. The highest BCUT2D eigenvalue weighted by atomic mass is 32.2. The number of pyridine rings is 1. The molecular weight excluding hydrogens is 481 g/mol. The van der Waals surface area contributed by atoms with Gasteiger partial charge in [-0.3, -0.25) is 0 Å². The number of rotatable bonds is 4. The maximum atomic E-state index is 14.3. The summed E-state index contributed by atoms with van der Waals surface area (Å²) in [6.45, 7) is 1.59. The summed E-state index contributed by atoms with van der Waals surface area (Å²) in [5.41, 5.74) is -4.52. The number of nitrogens with zero attached hydrogens (tertiary/aromatic N) is 3. The van der Waals surface area contributed by atoms with Crippen molar-refractivity contribution in [3.05, 3.63) is 70.5 Å². The van der Waals surface area contributed by atoms with Crippen LogP contribution in [0, 0.1) is 35.8 Å². The molecule has 174 valence electrons. The molecule has 7 rings (SSSR count). The molecule has 34 heavy (non-hydrogen) atoms. The molecule has 0 saturated heterocycles. The van der Waals surface area contributed by atoms with Crippen molar-refractivity contribution in [2.45, 2.75) is 23.8 Å². The molecule has 0 N–H and O–H groups in total. The van der Waals surface area contributed by atoms with Gasteiger partial charge in [-0.1, -0.05) is 6.07 Å². The summed E-state index contributed by atoms with van der Waals surface area (Å²) in [6, 6.07) is 7.90. The molecule has 5 atom stereocenters. The van der Waals surface area contributed by atoms with Crippen LogP contribution in [0.2, 0.25) is 0 Å². The standard InChI is InChI=1S/C22H12F5N3O3S/c1-8-5-13(28-14(6-8)33-34(31,32)22(25,26)27)20-18-17-16(21(17,18)20)9-7-12(29-30-19(9)20)15-10(23)3-2-4-11(15)24/h2-7,16-18H,1H3/t16-,17?,18?,20-,21?/m1/s1. The van der Waals surface area contributed by atoms with Crippen molar-refractivity contribution in [3.8, 4) is 17.1 Å². The van der Waals surface area contributed by atoms with E-state index in [2.05, 4.69) is 19.4 Å². The second-order valence-electron chi connectivity index (χ2n) is 9.20. The van der Waals surface area contributed by atoms with Crippen LogP contribution in [-0.2, 0) is 15.5 Å². The summed E-state index contributed by atoms with van der Waals surface area (Å²) in [5, 5.41) is 8.35. The minimum absolute atomic E-state index is 0.0579. The van der Waals surface area contributed by atoms with Crippen LogP contribution in [-0.4, -0.2) is 29.1 Å². The van der Waals surface area contributed by atoms with E-state index in [1.165, 1.54) is 6.07 Å². The van der Waals surface area contributed by atoms with Gasteiger partial charge in [0.05, 0.1) is 28.1 Å². The molecule has 1 spiro atoms. The Morgan fingerprint density at radius 2 is 1.76 bits per heavy atom. The maximum absolute atomic E-state index is 14.3. The summed E-state index contributed by atoms with van der Waals surface area (Å²) in [7, 11) is -5.88. The Kier molecular flexibility index (Phi) is 3.31. The van der Waals surface area contributed by atoms with Crippen molar-refractivity contribution in [2.24, 2.45) is 17.3 Å². The second kappa shape index (κ2) is 5.56. The van der Waals surface area contributed by atoms with Gasteiger partial charge in [-0.05, 0) is 60.1 Å². The molecule has 3 fully saturated rings. The van der Waals surface area contributed by atoms with Crippen LogP contribution in [0.25, 0.3) is 11.3 Å². The number of benzene rings is 1. The first-order valence-electron chi connectivity index (χ1n) is 10.3. The van der Waals surface area contributed by atoms with Gasteiger partial charge in [0.2, 0.25) is 5.88 Å². The number of hydrogen-bond acceptors (Lipinski definition) is 6. The Morgan fingerprint density at radius 3 is 2.44 bits per heavy atom. The largest absolute Gasteiger partial charge is 0.534 e. The number of hydrogen-bond donors (Lipinski definition) is 0. The first-order valence-corrected chi connectivity index (χ1v) is 11.7. The van der Waals surface area contributed by atoms with Gasteiger partial charge >= 0.3 is 15.6 Å². The SMILES string of the molecule is Cc1cc(OS(=O)(=O)C(F)(F)F)nc([C@]23c4nnc(-c5c(F)cccc5F)cc4[C@@H]4C5C2C543)c1. The van der Waals surface area contributed by atoms with Crippen LogP contribution < -0.4 is 4.18 Å². The molecule has 0 aliphatic heterocycles. The van der Waals surface area contributed by atoms with Crippen LogP contribution >= 0.6 is 0 Å². The number of halogens is 5. The molecule has 3 unspecified atom stereocenters. The molecule has 4 aliphatic rings. The molecular formula is C22H12F5N3O3S. The molecule has 6 nitrogen and oxygen atoms in total. The predicted molar refractivity (Wildman–Crippen MR) is 105 cm³/mol. The molecule has 2 heterocycles. The topological polar surface area (TPSA) is 82.0 Å². The van der Waals surface area contributed by atoms with E-state index in [9.17, 15) is 30.4 Å². The van der Waals surface area contributed by atoms with E-state index in [1.54, 1.807) is 19.1 Å². The van der Waals surface area contributed by atoms with E-state index in [0.29, 0.717) is 22.9 Å². The van der Waals surface area contributed by atoms with Gasteiger partial charge in [0, 0.05) is 11.5 Å². The van der Waals surface area contributed by atoms with E-state index >= 15 is 0 Å². The first-order chi connectivity index (χ1) is 16.0. The summed E-state index contributed by atoms with van der Waals surface area (Å²) in [4.78, 5) is 4.14. The normalized spacial score (nSPS) is 31.4. The Labute approximate surface area is 188 Å². The molecule has 0 radical (unpaired) electrons. The zero-order valence-corrected chi connectivity index (χ0v) is 17.9. The van der Waals surface area contributed by atoms with Gasteiger partial charge in [-0.15, -0.1) is 5.10 Å². The predicted octanol–water partition coefficient (Wildman–Crippen LogP) is 4.00. The lowest BCUT2D eigenvalue weighted by Gasteiger charge is -2.25. The van der Waals surface area contributed by atoms with E-state index in [-0.39, 0.29) is 28.5 Å². The summed E-state index contributed by atoms with van der Waals surface area (Å²) >= 11 is 0. The van der Waals surface area contributed by atoms with Gasteiger partial charge in [-0.2, -0.15) is 26.7 Å². The third-order valence-corrected chi connectivity index (χ3v) is 8.68. The van der Waals surface area contributed by atoms with Gasteiger partial charge in [-0.25, -0.2) is 13.8 Å². The smallest absolute Gasteiger partial charge is 0.355 e. The average Bonchev–Trinajstić information content (AvgIpc) is 3.65. The molecule has 3 aromatic rings. The maximum Gasteiger partial charge on any atom is 0.534 e. The average molecular weight is 493 g/mol. The minimum Gasteiger partial charge on any atom is -0.355 e. The van der Waals surface area contributed by atoms with E-state index in [0.717, 1.165) is 23.8 Å². The van der Waals surface area contributed by atoms with Crippen LogP contribution in [0.3, 0.4) is 0 Å². The summed E-state index contributed by atoms with van der Waals surface area (Å²) < 4.78 is 94.2. The van der Waals surface area contributed by atoms with Crippen molar-refractivity contribution in [2.75, 3.05) is 0 Å². The number of aromatic nitrogens is 3. The van der Waals surface area contributed by atoms with Crippen molar-refractivity contribution in [1.82, 2.24) is 15.2 Å². The molecule has 0 amide bonds. The number of fused-ring (bicyclic) bond motifs is 6. The van der Waals surface area contributed by atoms with Crippen molar-refractivity contribution < 1.29 is 34.6 Å². The minimum atomic E-state index is -5.88. The molecule has 4 aliphatic carbocycles. The zero-order valence-electron chi connectivity index (χ0n) is 17.1. The van der Waals surface area contributed by atoms with Crippen LogP contribution in [0.5, 0.6) is 5.88 Å². The van der Waals surface area contributed by atoms with E-state index in [4.69, 9.17) is 0 Å². The van der Waals surface area contributed by atoms with Gasteiger partial charge < -0.3 is 4.18 Å². The van der Waals surface area contributed by atoms with Gasteiger partial charge in [0.15, 0.2) is 0 Å². The van der Waals surface area contributed by atoms with Gasteiger partial charge in [0.1, 0.15) is 11.6 Å². The van der Waals surface area contributed by atoms with Crippen molar-refractivity contribution in [1.29, 1.82) is 0 Å². The second-order valence-corrected chi connectivity index (χ2v) is 10.7. The first kappa shape index (κ1) is 20.2. The van der Waals surface area contributed by atoms with Gasteiger partial charge in [0.25, 0.3) is 0 Å². The zero-order chi connectivity index (χ0) is 24.0. The number of aryl methyl sites for hydroxylation is 1. The molecule has 12 heteroatoms. The Balaban J connectivity index is 1.32. The van der Waals surface area contributed by atoms with Crippen molar-refractivity contribution in [3.63, 3.8) is 0 Å².